The van der Waals surface area contributed by atoms with Crippen molar-refractivity contribution in [3.05, 3.63) is 81.4 Å². The van der Waals surface area contributed by atoms with E-state index in [0.29, 0.717) is 33.2 Å². The number of nitrogens with two attached hydrogens (primary N) is 1. The number of aliphatic imine (C=N–C) groups is 1. The SMILES string of the molecule is CC(C)c1cc(Cl)cc(C(C)C)c1N=C=O.CC(C)c1cc(Cl)cc(C(C)C)c1NC(=O)NS(=O)(=O)c1cnn(CC(F)(F)F)c1.CCn1cc(S(N)(=O)=O)cn1. The van der Waals surface area contributed by atoms with Gasteiger partial charge in [0.2, 0.25) is 16.1 Å². The van der Waals surface area contributed by atoms with Gasteiger partial charge in [0.05, 0.1) is 18.1 Å². The molecule has 21 heteroatoms. The minimum atomic E-state index is -4.56. The van der Waals surface area contributed by atoms with Gasteiger partial charge in [0, 0.05) is 34.7 Å². The number of nitrogens with zero attached hydrogens (tertiary/aromatic N) is 5. The van der Waals surface area contributed by atoms with Crippen LogP contribution in [0.3, 0.4) is 0 Å². The molecule has 314 valence electrons. The molecular formula is C36H47Cl2F3N8O6S2. The van der Waals surface area contributed by atoms with Crippen molar-refractivity contribution in [2.75, 3.05) is 5.32 Å². The quantitative estimate of drug-likeness (QED) is 0.0979. The topological polar surface area (TPSA) is 200 Å². The second kappa shape index (κ2) is 20.4. The summed E-state index contributed by atoms with van der Waals surface area (Å²) in [6, 6.07) is 6.06. The second-order valence-electron chi connectivity index (χ2n) is 13.8. The number of isocyanates is 1. The van der Waals surface area contributed by atoms with Crippen molar-refractivity contribution in [1.29, 1.82) is 0 Å². The van der Waals surface area contributed by atoms with Crippen LogP contribution in [0.1, 0.15) is 108 Å². The average Bonchev–Trinajstić information content (AvgIpc) is 3.76. The van der Waals surface area contributed by atoms with Gasteiger partial charge in [-0.1, -0.05) is 78.6 Å². The molecule has 0 saturated carbocycles. The lowest BCUT2D eigenvalue weighted by molar-refractivity contribution is -0.142. The summed E-state index contributed by atoms with van der Waals surface area (Å²) in [6.45, 7) is 16.8. The van der Waals surface area contributed by atoms with Crippen LogP contribution in [0, 0.1) is 0 Å². The van der Waals surface area contributed by atoms with Gasteiger partial charge in [-0.05, 0) is 77.1 Å². The van der Waals surface area contributed by atoms with E-state index in [1.807, 2.05) is 46.8 Å². The lowest BCUT2D eigenvalue weighted by Gasteiger charge is -2.21. The van der Waals surface area contributed by atoms with Crippen molar-refractivity contribution in [3.8, 4) is 0 Å². The zero-order valence-corrected chi connectivity index (χ0v) is 36.0. The molecule has 0 radical (unpaired) electrons. The number of halogens is 5. The van der Waals surface area contributed by atoms with Gasteiger partial charge in [-0.25, -0.2) is 36.3 Å². The number of amides is 2. The van der Waals surface area contributed by atoms with E-state index < -0.39 is 43.7 Å². The number of hydrogen-bond acceptors (Lipinski definition) is 9. The van der Waals surface area contributed by atoms with Crippen LogP contribution in [0.15, 0.2) is 63.8 Å². The Morgan fingerprint density at radius 1 is 0.807 bits per heavy atom. The monoisotopic (exact) mass is 878 g/mol. The second-order valence-corrected chi connectivity index (χ2v) is 18.0. The Bertz CT molecular complexity index is 2230. The maximum Gasteiger partial charge on any atom is 0.408 e. The number of alkyl halides is 3. The molecule has 0 fully saturated rings. The van der Waals surface area contributed by atoms with Crippen LogP contribution in [0.5, 0.6) is 0 Å². The summed E-state index contributed by atoms with van der Waals surface area (Å²) < 4.78 is 87.2. The summed E-state index contributed by atoms with van der Waals surface area (Å²) in [4.78, 5) is 26.2. The molecule has 2 aromatic carbocycles. The molecule has 14 nitrogen and oxygen atoms in total. The van der Waals surface area contributed by atoms with Gasteiger partial charge in [0.25, 0.3) is 10.0 Å². The highest BCUT2D eigenvalue weighted by Gasteiger charge is 2.30. The van der Waals surface area contributed by atoms with E-state index in [1.54, 1.807) is 22.9 Å². The van der Waals surface area contributed by atoms with E-state index >= 15 is 0 Å². The molecule has 0 aliphatic rings. The third-order valence-corrected chi connectivity index (χ3v) is 10.5. The van der Waals surface area contributed by atoms with Crippen molar-refractivity contribution in [1.82, 2.24) is 24.3 Å². The molecular weight excluding hydrogens is 832 g/mol. The molecule has 0 aliphatic heterocycles. The number of anilines is 1. The molecule has 2 amide bonds. The Hall–Kier alpha value is -4.26. The Balaban J connectivity index is 0.000000344. The van der Waals surface area contributed by atoms with Crippen LogP contribution in [-0.4, -0.2) is 54.7 Å². The molecule has 0 unspecified atom stereocenters. The Labute approximate surface area is 341 Å². The first kappa shape index (κ1) is 48.9. The van der Waals surface area contributed by atoms with E-state index in [4.69, 9.17) is 28.3 Å². The average molecular weight is 880 g/mol. The summed E-state index contributed by atoms with van der Waals surface area (Å²) in [7, 11) is -8.00. The zero-order chi connectivity index (χ0) is 43.6. The molecule has 0 bridgehead atoms. The predicted molar refractivity (Wildman–Crippen MR) is 214 cm³/mol. The number of aromatic nitrogens is 4. The minimum absolute atomic E-state index is 0.0197. The van der Waals surface area contributed by atoms with Gasteiger partial charge in [0.1, 0.15) is 16.3 Å². The number of carbonyl (C=O) groups is 1. The standard InChI is InChI=1S/C18H22ClF3N4O3S.C13H16ClNO.C5H9N3O2S/c1-10(2)14-5-12(19)6-15(11(3)4)16(14)24-17(27)25-30(28,29)13-7-23-26(8-13)9-18(20,21)22;1-8(2)11-5-10(14)6-12(9(3)4)13(11)15-7-16;1-2-8-4-5(3-7-8)11(6,9)10/h5-8,10-11H,9H2,1-4H3,(H2,24,25,27);5-6,8-9H,1-4H3;3-4H,2H2,1H3,(H2,6,9,10). The van der Waals surface area contributed by atoms with E-state index in [2.05, 4.69) is 48.2 Å². The number of benzene rings is 2. The summed E-state index contributed by atoms with van der Waals surface area (Å²) in [6.07, 6.45) is 1.13. The number of sulfonamides is 2. The first-order valence-corrected chi connectivity index (χ1v) is 21.2. The van der Waals surface area contributed by atoms with Crippen LogP contribution in [0.2, 0.25) is 10.0 Å². The van der Waals surface area contributed by atoms with E-state index in [9.17, 15) is 39.6 Å². The fourth-order valence-corrected chi connectivity index (χ4v) is 6.93. The fourth-order valence-electron chi connectivity index (χ4n) is 5.14. The lowest BCUT2D eigenvalue weighted by atomic mass is 9.92. The first-order valence-electron chi connectivity index (χ1n) is 17.4. The maximum absolute atomic E-state index is 12.4. The number of primary sulfonamides is 1. The maximum atomic E-state index is 12.4. The minimum Gasteiger partial charge on any atom is -0.307 e. The third-order valence-electron chi connectivity index (χ3n) is 7.93. The zero-order valence-electron chi connectivity index (χ0n) is 32.8. The normalized spacial score (nSPS) is 11.8. The fraction of sp³-hybridized carbons (Fsp3) is 0.444. The van der Waals surface area contributed by atoms with Crippen LogP contribution in [0.25, 0.3) is 0 Å². The highest BCUT2D eigenvalue weighted by atomic mass is 35.5. The van der Waals surface area contributed by atoms with E-state index in [0.717, 1.165) is 34.1 Å². The van der Waals surface area contributed by atoms with Gasteiger partial charge < -0.3 is 5.32 Å². The van der Waals surface area contributed by atoms with Gasteiger partial charge in [0.15, 0.2) is 0 Å². The summed E-state index contributed by atoms with van der Waals surface area (Å²) >= 11 is 12.2. The molecule has 2 heterocycles. The number of urea groups is 1. The molecule has 4 rings (SSSR count). The predicted octanol–water partition coefficient (Wildman–Crippen LogP) is 8.96. The smallest absolute Gasteiger partial charge is 0.307 e. The highest BCUT2D eigenvalue weighted by Crippen LogP contribution is 2.37. The van der Waals surface area contributed by atoms with Gasteiger partial charge in [-0.15, -0.1) is 0 Å². The Kier molecular flexibility index (Phi) is 17.5. The molecule has 0 spiro atoms. The van der Waals surface area contributed by atoms with Gasteiger partial charge in [-0.3, -0.25) is 9.36 Å². The molecule has 0 saturated heterocycles. The van der Waals surface area contributed by atoms with Crippen molar-refractivity contribution in [3.63, 3.8) is 0 Å². The van der Waals surface area contributed by atoms with Crippen LogP contribution >= 0.6 is 23.2 Å². The molecule has 4 aromatic rings. The van der Waals surface area contributed by atoms with Gasteiger partial charge in [-0.2, -0.15) is 28.4 Å². The molecule has 2 aromatic heterocycles. The lowest BCUT2D eigenvalue weighted by Crippen LogP contribution is -2.35. The van der Waals surface area contributed by atoms with Crippen LogP contribution in [0.4, 0.5) is 29.3 Å². The summed E-state index contributed by atoms with van der Waals surface area (Å²) in [5, 5.41) is 15.7. The van der Waals surface area contributed by atoms with Crippen LogP contribution in [-0.2, 0) is 37.9 Å². The number of nitrogens with one attached hydrogen (secondary N) is 2. The molecule has 57 heavy (non-hydrogen) atoms. The largest absolute Gasteiger partial charge is 0.408 e. The van der Waals surface area contributed by atoms with Crippen LogP contribution < -0.4 is 15.2 Å². The molecule has 4 N–H and O–H groups in total. The number of aryl methyl sites for hydroxylation is 1. The third kappa shape index (κ3) is 14.9. The molecule has 0 aliphatic carbocycles. The van der Waals surface area contributed by atoms with Crippen molar-refractivity contribution < 1.29 is 39.6 Å². The summed E-state index contributed by atoms with van der Waals surface area (Å²) in [5.41, 5.74) is 4.60. The van der Waals surface area contributed by atoms with Crippen molar-refractivity contribution in [2.45, 2.75) is 115 Å². The number of hydrogen-bond donors (Lipinski definition) is 3. The van der Waals surface area contributed by atoms with Crippen molar-refractivity contribution >= 4 is 66.7 Å². The van der Waals surface area contributed by atoms with E-state index in [-0.39, 0.29) is 28.6 Å². The van der Waals surface area contributed by atoms with Crippen molar-refractivity contribution in [2.24, 2.45) is 10.1 Å². The molecule has 0 atom stereocenters. The highest BCUT2D eigenvalue weighted by molar-refractivity contribution is 7.90. The number of carbonyl (C=O) groups excluding carboxylic acids is 2. The van der Waals surface area contributed by atoms with E-state index in [1.165, 1.54) is 17.1 Å². The first-order chi connectivity index (χ1) is 26.2. The Morgan fingerprint density at radius 3 is 1.60 bits per heavy atom. The van der Waals surface area contributed by atoms with Gasteiger partial charge >= 0.3 is 12.2 Å². The number of rotatable bonds is 11. The Morgan fingerprint density at radius 2 is 1.23 bits per heavy atom. The summed E-state index contributed by atoms with van der Waals surface area (Å²) in [5.74, 6) is 0.522.